The Morgan fingerprint density at radius 1 is 1.35 bits per heavy atom. The van der Waals surface area contributed by atoms with E-state index in [0.29, 0.717) is 5.82 Å². The Morgan fingerprint density at radius 3 is 2.50 bits per heavy atom. The molecule has 0 atom stereocenters. The van der Waals surface area contributed by atoms with Crippen molar-refractivity contribution >= 4 is 29.1 Å². The van der Waals surface area contributed by atoms with E-state index in [2.05, 4.69) is 4.98 Å². The topological polar surface area (TPSA) is 62.7 Å². The van der Waals surface area contributed by atoms with E-state index in [4.69, 9.17) is 21.4 Å². The molecular formula is C14H13ClN2O3. The van der Waals surface area contributed by atoms with Gasteiger partial charge in [-0.15, -0.1) is 0 Å². The van der Waals surface area contributed by atoms with E-state index in [-0.39, 0.29) is 10.6 Å². The van der Waals surface area contributed by atoms with Crippen LogP contribution in [0.5, 0.6) is 5.75 Å². The minimum absolute atomic E-state index is 0.0573. The van der Waals surface area contributed by atoms with Gasteiger partial charge in [0.25, 0.3) is 0 Å². The quantitative estimate of drug-likeness (QED) is 0.937. The van der Waals surface area contributed by atoms with Gasteiger partial charge in [0.05, 0.1) is 17.7 Å². The van der Waals surface area contributed by atoms with Crippen LogP contribution in [0.2, 0.25) is 5.02 Å². The number of anilines is 2. The second kappa shape index (κ2) is 5.79. The van der Waals surface area contributed by atoms with Crippen LogP contribution in [0.25, 0.3) is 0 Å². The lowest BCUT2D eigenvalue weighted by atomic mass is 10.2. The van der Waals surface area contributed by atoms with Crippen molar-refractivity contribution in [3.05, 3.63) is 47.1 Å². The van der Waals surface area contributed by atoms with Gasteiger partial charge in [0.1, 0.15) is 5.75 Å². The summed E-state index contributed by atoms with van der Waals surface area (Å²) in [6.07, 6.45) is 1.28. The molecule has 0 aliphatic rings. The largest absolute Gasteiger partial charge is 0.497 e. The van der Waals surface area contributed by atoms with E-state index in [9.17, 15) is 4.79 Å². The van der Waals surface area contributed by atoms with Crippen molar-refractivity contribution in [3.63, 3.8) is 0 Å². The molecule has 1 aromatic heterocycles. The zero-order valence-corrected chi connectivity index (χ0v) is 11.8. The molecular weight excluding hydrogens is 280 g/mol. The second-order valence-electron chi connectivity index (χ2n) is 4.09. The first-order valence-electron chi connectivity index (χ1n) is 5.79. The summed E-state index contributed by atoms with van der Waals surface area (Å²) >= 11 is 6.08. The number of nitrogens with zero attached hydrogens (tertiary/aromatic N) is 2. The molecule has 104 valence electrons. The number of methoxy groups -OCH3 is 1. The molecule has 0 unspecified atom stereocenters. The average molecular weight is 293 g/mol. The predicted molar refractivity (Wildman–Crippen MR) is 77.3 cm³/mol. The fraction of sp³-hybridized carbons (Fsp3) is 0.143. The molecule has 2 rings (SSSR count). The molecule has 0 bridgehead atoms. The lowest BCUT2D eigenvalue weighted by Crippen LogP contribution is -2.12. The van der Waals surface area contributed by atoms with Gasteiger partial charge >= 0.3 is 5.97 Å². The number of halogens is 1. The summed E-state index contributed by atoms with van der Waals surface area (Å²) < 4.78 is 5.09. The van der Waals surface area contributed by atoms with Crippen LogP contribution in [0.3, 0.4) is 0 Å². The Bertz CT molecular complexity index is 629. The van der Waals surface area contributed by atoms with Crippen LogP contribution in [0.15, 0.2) is 36.5 Å². The zero-order valence-electron chi connectivity index (χ0n) is 11.0. The second-order valence-corrected chi connectivity index (χ2v) is 4.50. The summed E-state index contributed by atoms with van der Waals surface area (Å²) in [6, 6.07) is 8.76. The molecule has 1 N–H and O–H groups in total. The Kier molecular flexibility index (Phi) is 4.10. The van der Waals surface area contributed by atoms with Gasteiger partial charge in [0, 0.05) is 18.9 Å². The summed E-state index contributed by atoms with van der Waals surface area (Å²) in [4.78, 5) is 16.7. The van der Waals surface area contributed by atoms with Gasteiger partial charge in [-0.05, 0) is 30.3 Å². The molecule has 0 amide bonds. The highest BCUT2D eigenvalue weighted by atomic mass is 35.5. The van der Waals surface area contributed by atoms with Crippen LogP contribution in [-0.4, -0.2) is 30.2 Å². The lowest BCUT2D eigenvalue weighted by Gasteiger charge is -2.19. The van der Waals surface area contributed by atoms with Crippen molar-refractivity contribution < 1.29 is 14.6 Å². The van der Waals surface area contributed by atoms with Crippen molar-refractivity contribution in [2.24, 2.45) is 0 Å². The van der Waals surface area contributed by atoms with Crippen molar-refractivity contribution in [1.82, 2.24) is 4.98 Å². The molecule has 0 spiro atoms. The zero-order chi connectivity index (χ0) is 14.7. The maximum absolute atomic E-state index is 10.8. The Labute approximate surface area is 121 Å². The number of ether oxygens (including phenoxy) is 1. The van der Waals surface area contributed by atoms with E-state index in [1.165, 1.54) is 12.3 Å². The highest BCUT2D eigenvalue weighted by molar-refractivity contribution is 6.33. The van der Waals surface area contributed by atoms with Crippen molar-refractivity contribution in [2.75, 3.05) is 19.1 Å². The predicted octanol–water partition coefficient (Wildman–Crippen LogP) is 3.21. The Balaban J connectivity index is 2.32. The number of carboxylic acid groups (broad SMARTS) is 1. The molecule has 0 aliphatic carbocycles. The van der Waals surface area contributed by atoms with Crippen LogP contribution in [0, 0.1) is 0 Å². The van der Waals surface area contributed by atoms with Crippen LogP contribution >= 0.6 is 11.6 Å². The highest BCUT2D eigenvalue weighted by Gasteiger charge is 2.13. The molecule has 6 heteroatoms. The van der Waals surface area contributed by atoms with E-state index >= 15 is 0 Å². The average Bonchev–Trinajstić information content (AvgIpc) is 2.46. The van der Waals surface area contributed by atoms with Gasteiger partial charge < -0.3 is 14.7 Å². The number of aromatic carboxylic acids is 1. The van der Waals surface area contributed by atoms with Crippen LogP contribution in [-0.2, 0) is 0 Å². The van der Waals surface area contributed by atoms with Gasteiger partial charge in [0.2, 0.25) is 0 Å². The van der Waals surface area contributed by atoms with Crippen molar-refractivity contribution in [2.45, 2.75) is 0 Å². The Morgan fingerprint density at radius 2 is 2.00 bits per heavy atom. The molecule has 2 aromatic rings. The SMILES string of the molecule is COc1ccc(N(C)c2ncc(C(=O)O)cc2Cl)cc1. The van der Waals surface area contributed by atoms with Crippen LogP contribution in [0.1, 0.15) is 10.4 Å². The third-order valence-corrected chi connectivity index (χ3v) is 3.12. The number of aromatic nitrogens is 1. The lowest BCUT2D eigenvalue weighted by molar-refractivity contribution is 0.0696. The van der Waals surface area contributed by atoms with Gasteiger partial charge in [-0.3, -0.25) is 0 Å². The summed E-state index contributed by atoms with van der Waals surface area (Å²) in [5.41, 5.74) is 0.921. The van der Waals surface area contributed by atoms with E-state index in [0.717, 1.165) is 11.4 Å². The van der Waals surface area contributed by atoms with E-state index in [1.807, 2.05) is 24.3 Å². The standard InChI is InChI=1S/C14H13ClN2O3/c1-17(10-3-5-11(20-2)6-4-10)13-12(15)7-9(8-16-13)14(18)19/h3-8H,1-2H3,(H,18,19). The minimum atomic E-state index is -1.06. The fourth-order valence-corrected chi connectivity index (χ4v) is 2.02. The first kappa shape index (κ1) is 14.1. The van der Waals surface area contributed by atoms with Gasteiger partial charge in [0.15, 0.2) is 5.82 Å². The number of hydrogen-bond donors (Lipinski definition) is 1. The molecule has 20 heavy (non-hydrogen) atoms. The first-order valence-corrected chi connectivity index (χ1v) is 6.17. The summed E-state index contributed by atoms with van der Waals surface area (Å²) in [5, 5.41) is 9.17. The summed E-state index contributed by atoms with van der Waals surface area (Å²) in [7, 11) is 3.40. The van der Waals surface area contributed by atoms with Crippen molar-refractivity contribution in [1.29, 1.82) is 0 Å². The highest BCUT2D eigenvalue weighted by Crippen LogP contribution is 2.29. The third kappa shape index (κ3) is 2.83. The number of carboxylic acids is 1. The normalized spacial score (nSPS) is 10.2. The van der Waals surface area contributed by atoms with E-state index in [1.54, 1.807) is 19.1 Å². The van der Waals surface area contributed by atoms with Crippen LogP contribution in [0.4, 0.5) is 11.5 Å². The van der Waals surface area contributed by atoms with Gasteiger partial charge in [-0.2, -0.15) is 0 Å². The summed E-state index contributed by atoms with van der Waals surface area (Å²) in [6.45, 7) is 0. The Hall–Kier alpha value is -2.27. The molecule has 1 aromatic carbocycles. The molecule has 1 heterocycles. The maximum Gasteiger partial charge on any atom is 0.337 e. The van der Waals surface area contributed by atoms with Gasteiger partial charge in [-0.1, -0.05) is 11.6 Å². The number of benzene rings is 1. The molecule has 0 radical (unpaired) electrons. The monoisotopic (exact) mass is 292 g/mol. The molecule has 5 nitrogen and oxygen atoms in total. The number of rotatable bonds is 4. The van der Waals surface area contributed by atoms with Crippen LogP contribution < -0.4 is 9.64 Å². The number of carbonyl (C=O) groups is 1. The smallest absolute Gasteiger partial charge is 0.337 e. The van der Waals surface area contributed by atoms with Crippen molar-refractivity contribution in [3.8, 4) is 5.75 Å². The molecule has 0 saturated heterocycles. The van der Waals surface area contributed by atoms with E-state index < -0.39 is 5.97 Å². The van der Waals surface area contributed by atoms with Gasteiger partial charge in [-0.25, -0.2) is 9.78 Å². The number of hydrogen-bond acceptors (Lipinski definition) is 4. The third-order valence-electron chi connectivity index (χ3n) is 2.85. The fourth-order valence-electron chi connectivity index (χ4n) is 1.72. The molecule has 0 fully saturated rings. The maximum atomic E-state index is 10.8. The summed E-state index contributed by atoms with van der Waals surface area (Å²) in [5.74, 6) is 0.183. The number of pyridine rings is 1. The molecule has 0 aliphatic heterocycles. The minimum Gasteiger partial charge on any atom is -0.497 e. The first-order chi connectivity index (χ1) is 9.52. The molecule has 0 saturated carbocycles.